The van der Waals surface area contributed by atoms with Gasteiger partial charge in [-0.3, -0.25) is 29.5 Å². The van der Waals surface area contributed by atoms with Crippen LogP contribution in [-0.4, -0.2) is 53.2 Å². The van der Waals surface area contributed by atoms with E-state index >= 15 is 0 Å². The molecule has 1 saturated heterocycles. The van der Waals surface area contributed by atoms with Gasteiger partial charge in [0.15, 0.2) is 17.0 Å². The van der Waals surface area contributed by atoms with Crippen molar-refractivity contribution < 1.29 is 38.6 Å². The van der Waals surface area contributed by atoms with Crippen LogP contribution in [0.2, 0.25) is 0 Å². The molecular weight excluding hydrogens is 460 g/mol. The van der Waals surface area contributed by atoms with Crippen LogP contribution >= 0.6 is 0 Å². The second-order valence-corrected chi connectivity index (χ2v) is 7.86. The number of nitrogens with zero attached hydrogens (tertiary/aromatic N) is 2. The smallest absolute Gasteiger partial charge is 0.405 e. The lowest BCUT2D eigenvalue weighted by Crippen LogP contribution is -2.76. The van der Waals surface area contributed by atoms with E-state index in [-0.39, 0.29) is 17.0 Å². The van der Waals surface area contributed by atoms with Gasteiger partial charge in [-0.25, -0.2) is 9.59 Å². The lowest BCUT2D eigenvalue weighted by atomic mass is 9.82. The molecule has 184 valence electrons. The number of benzene rings is 2. The van der Waals surface area contributed by atoms with Gasteiger partial charge in [0.05, 0.1) is 0 Å². The molecule has 1 heterocycles. The SMILES string of the molecule is CC(=O)Oc1cccc(C2(NC(=O)O)C(=O)N(C)C(=O)N(c3ccc(C)cc3)C2N)c1OC(C)=O. The van der Waals surface area contributed by atoms with E-state index in [1.807, 2.05) is 6.92 Å². The van der Waals surface area contributed by atoms with Crippen molar-refractivity contribution in [3.05, 3.63) is 53.6 Å². The van der Waals surface area contributed by atoms with E-state index in [0.29, 0.717) is 4.90 Å². The largest absolute Gasteiger partial charge is 0.465 e. The van der Waals surface area contributed by atoms with Gasteiger partial charge in [-0.05, 0) is 25.1 Å². The van der Waals surface area contributed by atoms with Crippen LogP contribution in [0.3, 0.4) is 0 Å². The fraction of sp³-hybridized carbons (Fsp3) is 0.261. The molecule has 2 aromatic carbocycles. The number of rotatable bonds is 5. The van der Waals surface area contributed by atoms with E-state index in [2.05, 4.69) is 5.32 Å². The number of carboxylic acid groups (broad SMARTS) is 1. The van der Waals surface area contributed by atoms with Crippen molar-refractivity contribution in [2.24, 2.45) is 5.73 Å². The highest BCUT2D eigenvalue weighted by Crippen LogP contribution is 2.43. The van der Waals surface area contributed by atoms with E-state index in [1.54, 1.807) is 24.3 Å². The molecule has 0 aromatic heterocycles. The number of anilines is 1. The number of carbonyl (C=O) groups is 5. The number of amides is 4. The Bertz CT molecular complexity index is 1210. The van der Waals surface area contributed by atoms with Crippen LogP contribution in [0.15, 0.2) is 42.5 Å². The topological polar surface area (TPSA) is 169 Å². The summed E-state index contributed by atoms with van der Waals surface area (Å²) in [6, 6.07) is 9.74. The Kier molecular flexibility index (Phi) is 6.78. The summed E-state index contributed by atoms with van der Waals surface area (Å²) in [6.45, 7) is 4.01. The van der Waals surface area contributed by atoms with Gasteiger partial charge in [0.25, 0.3) is 5.91 Å². The van der Waals surface area contributed by atoms with Crippen LogP contribution in [0, 0.1) is 6.92 Å². The van der Waals surface area contributed by atoms with Crippen LogP contribution in [0.5, 0.6) is 11.5 Å². The first-order valence-corrected chi connectivity index (χ1v) is 10.3. The van der Waals surface area contributed by atoms with Gasteiger partial charge in [0.1, 0.15) is 6.17 Å². The van der Waals surface area contributed by atoms with Crippen molar-refractivity contribution in [3.63, 3.8) is 0 Å². The number of ether oxygens (including phenoxy) is 2. The first-order chi connectivity index (χ1) is 16.4. The standard InChI is InChI=1S/C23H24N4O8/c1-12-8-10-15(11-9-12)27-19(24)23(25-21(31)32,20(30)26(4)22(27)33)16-6-5-7-17(34-13(2)28)18(16)35-14(3)29/h5-11,19,25H,24H2,1-4H3,(H,31,32). The van der Waals surface area contributed by atoms with Crippen molar-refractivity contribution in [2.45, 2.75) is 32.5 Å². The van der Waals surface area contributed by atoms with Crippen LogP contribution < -0.4 is 25.4 Å². The van der Waals surface area contributed by atoms with Crippen LogP contribution in [0.25, 0.3) is 0 Å². The van der Waals surface area contributed by atoms with Crippen molar-refractivity contribution >= 4 is 35.7 Å². The highest BCUT2D eigenvalue weighted by molar-refractivity contribution is 6.11. The molecule has 1 aliphatic heterocycles. The number of hydrogen-bond acceptors (Lipinski definition) is 8. The fourth-order valence-corrected chi connectivity index (χ4v) is 3.88. The lowest BCUT2D eigenvalue weighted by Gasteiger charge is -2.49. The molecule has 4 N–H and O–H groups in total. The number of nitrogens with one attached hydrogen (secondary N) is 1. The minimum Gasteiger partial charge on any atom is -0.465 e. The minimum absolute atomic E-state index is 0.234. The third-order valence-corrected chi connectivity index (χ3v) is 5.38. The first-order valence-electron chi connectivity index (χ1n) is 10.3. The zero-order valence-corrected chi connectivity index (χ0v) is 19.4. The van der Waals surface area contributed by atoms with Crippen LogP contribution in [0.4, 0.5) is 15.3 Å². The monoisotopic (exact) mass is 484 g/mol. The Labute approximate surface area is 200 Å². The Morgan fingerprint density at radius 2 is 1.63 bits per heavy atom. The summed E-state index contributed by atoms with van der Waals surface area (Å²) in [6.07, 6.45) is -3.29. The van der Waals surface area contributed by atoms with E-state index in [4.69, 9.17) is 15.2 Å². The number of carbonyl (C=O) groups excluding carboxylic acids is 4. The highest BCUT2D eigenvalue weighted by Gasteiger charge is 2.59. The Morgan fingerprint density at radius 3 is 2.17 bits per heavy atom. The molecule has 2 aromatic rings. The van der Waals surface area contributed by atoms with Gasteiger partial charge in [0.2, 0.25) is 0 Å². The number of imide groups is 1. The van der Waals surface area contributed by atoms with E-state index in [1.165, 1.54) is 18.2 Å². The molecule has 1 aliphatic rings. The zero-order valence-electron chi connectivity index (χ0n) is 19.4. The molecule has 0 spiro atoms. The molecular formula is C23H24N4O8. The molecule has 0 saturated carbocycles. The number of para-hydroxylation sites is 1. The molecule has 0 radical (unpaired) electrons. The molecule has 0 bridgehead atoms. The molecule has 4 amide bonds. The maximum atomic E-state index is 13.6. The first kappa shape index (κ1) is 25.2. The quantitative estimate of drug-likeness (QED) is 0.422. The van der Waals surface area contributed by atoms with Gasteiger partial charge in [-0.15, -0.1) is 0 Å². The summed E-state index contributed by atoms with van der Waals surface area (Å²) in [5, 5.41) is 11.9. The van der Waals surface area contributed by atoms with Gasteiger partial charge >= 0.3 is 24.1 Å². The molecule has 1 fully saturated rings. The Balaban J connectivity index is 2.36. The summed E-state index contributed by atoms with van der Waals surface area (Å²) in [4.78, 5) is 64.1. The Hall–Kier alpha value is -4.45. The predicted octanol–water partition coefficient (Wildman–Crippen LogP) is 1.69. The second kappa shape index (κ2) is 9.43. The number of urea groups is 1. The summed E-state index contributed by atoms with van der Waals surface area (Å²) < 4.78 is 10.4. The lowest BCUT2D eigenvalue weighted by molar-refractivity contribution is -0.138. The third-order valence-electron chi connectivity index (χ3n) is 5.38. The van der Waals surface area contributed by atoms with Crippen molar-refractivity contribution in [3.8, 4) is 11.5 Å². The number of likely N-dealkylation sites (N-methyl/N-ethyl adjacent to an activating group) is 1. The molecule has 0 aliphatic carbocycles. The molecule has 12 nitrogen and oxygen atoms in total. The molecule has 2 atom stereocenters. The normalized spacial score (nSPS) is 19.9. The highest BCUT2D eigenvalue weighted by atomic mass is 16.6. The van der Waals surface area contributed by atoms with Gasteiger partial charge in [-0.1, -0.05) is 29.8 Å². The average molecular weight is 484 g/mol. The van der Waals surface area contributed by atoms with Crippen LogP contribution in [-0.2, 0) is 19.9 Å². The molecule has 12 heteroatoms. The van der Waals surface area contributed by atoms with Crippen molar-refractivity contribution in [1.29, 1.82) is 0 Å². The van der Waals surface area contributed by atoms with Crippen LogP contribution in [0.1, 0.15) is 25.0 Å². The molecule has 35 heavy (non-hydrogen) atoms. The van der Waals surface area contributed by atoms with E-state index < -0.39 is 47.4 Å². The summed E-state index contributed by atoms with van der Waals surface area (Å²) in [5.74, 6) is -3.29. The van der Waals surface area contributed by atoms with Gasteiger partial charge in [0, 0.05) is 32.1 Å². The summed E-state index contributed by atoms with van der Waals surface area (Å²) in [5.41, 5.74) is 5.06. The summed E-state index contributed by atoms with van der Waals surface area (Å²) in [7, 11) is 1.16. The zero-order chi connectivity index (χ0) is 26.1. The minimum atomic E-state index is -2.36. The van der Waals surface area contributed by atoms with E-state index in [9.17, 15) is 29.1 Å². The predicted molar refractivity (Wildman–Crippen MR) is 122 cm³/mol. The number of nitrogens with two attached hydrogens (primary N) is 1. The van der Waals surface area contributed by atoms with Gasteiger partial charge < -0.3 is 20.3 Å². The van der Waals surface area contributed by atoms with Gasteiger partial charge in [-0.2, -0.15) is 0 Å². The number of aryl methyl sites for hydroxylation is 1. The maximum Gasteiger partial charge on any atom is 0.405 e. The maximum absolute atomic E-state index is 13.6. The Morgan fingerprint density at radius 1 is 1.03 bits per heavy atom. The molecule has 3 rings (SSSR count). The average Bonchev–Trinajstić information content (AvgIpc) is 2.77. The third kappa shape index (κ3) is 4.51. The van der Waals surface area contributed by atoms with Crippen molar-refractivity contribution in [2.75, 3.05) is 11.9 Å². The van der Waals surface area contributed by atoms with E-state index in [0.717, 1.165) is 31.4 Å². The number of esters is 2. The molecule has 2 unspecified atom stereocenters. The summed E-state index contributed by atoms with van der Waals surface area (Å²) >= 11 is 0. The second-order valence-electron chi connectivity index (χ2n) is 7.86. The number of hydrogen-bond donors (Lipinski definition) is 3. The fourth-order valence-electron chi connectivity index (χ4n) is 3.88. The van der Waals surface area contributed by atoms with Crippen molar-refractivity contribution in [1.82, 2.24) is 10.2 Å².